The Balaban J connectivity index is 3.05. The van der Waals surface area contributed by atoms with E-state index in [2.05, 4.69) is 10.3 Å². The highest BCUT2D eigenvalue weighted by molar-refractivity contribution is 5.95. The lowest BCUT2D eigenvalue weighted by molar-refractivity contribution is -0.123. The van der Waals surface area contributed by atoms with Crippen LogP contribution in [0.5, 0.6) is 0 Å². The number of halogens is 3. The zero-order chi connectivity index (χ0) is 16.3. The molecule has 0 saturated carbocycles. The Morgan fingerprint density at radius 2 is 1.86 bits per heavy atom. The SMILES string of the molecule is CCNc1cc(C(=O)NCC(F)(F)F)cc(C(C)(C)C)n1. The highest BCUT2D eigenvalue weighted by Crippen LogP contribution is 2.23. The normalized spacial score (nSPS) is 12.1. The highest BCUT2D eigenvalue weighted by atomic mass is 19.4. The summed E-state index contributed by atoms with van der Waals surface area (Å²) in [5, 5.41) is 4.84. The zero-order valence-corrected chi connectivity index (χ0v) is 12.6. The van der Waals surface area contributed by atoms with Crippen LogP contribution in [0.15, 0.2) is 12.1 Å². The van der Waals surface area contributed by atoms with Gasteiger partial charge in [-0.2, -0.15) is 13.2 Å². The van der Waals surface area contributed by atoms with E-state index in [-0.39, 0.29) is 11.0 Å². The number of rotatable bonds is 4. The van der Waals surface area contributed by atoms with Gasteiger partial charge in [-0.3, -0.25) is 4.79 Å². The minimum Gasteiger partial charge on any atom is -0.370 e. The van der Waals surface area contributed by atoms with Crippen molar-refractivity contribution in [2.24, 2.45) is 0 Å². The average Bonchev–Trinajstić information content (AvgIpc) is 2.34. The fourth-order valence-corrected chi connectivity index (χ4v) is 1.60. The quantitative estimate of drug-likeness (QED) is 0.898. The van der Waals surface area contributed by atoms with Crippen LogP contribution in [0, 0.1) is 0 Å². The molecule has 118 valence electrons. The summed E-state index contributed by atoms with van der Waals surface area (Å²) in [7, 11) is 0. The molecule has 4 nitrogen and oxygen atoms in total. The van der Waals surface area contributed by atoms with E-state index in [1.165, 1.54) is 12.1 Å². The first-order valence-electron chi connectivity index (χ1n) is 6.64. The van der Waals surface area contributed by atoms with Gasteiger partial charge in [0, 0.05) is 23.2 Å². The van der Waals surface area contributed by atoms with Gasteiger partial charge >= 0.3 is 6.18 Å². The second-order valence-corrected chi connectivity index (χ2v) is 5.70. The van der Waals surface area contributed by atoms with Gasteiger partial charge < -0.3 is 10.6 Å². The third-order valence-electron chi connectivity index (χ3n) is 2.66. The first kappa shape index (κ1) is 17.3. The molecule has 0 saturated heterocycles. The standard InChI is InChI=1S/C14H20F3N3O/c1-5-18-11-7-9(6-10(20-11)13(2,3)4)12(21)19-8-14(15,16)17/h6-7H,5,8H2,1-4H3,(H,18,20)(H,19,21). The molecule has 0 unspecified atom stereocenters. The van der Waals surface area contributed by atoms with E-state index in [1.54, 1.807) is 0 Å². The molecule has 0 atom stereocenters. The largest absolute Gasteiger partial charge is 0.405 e. The van der Waals surface area contributed by atoms with Gasteiger partial charge in [0.1, 0.15) is 12.4 Å². The van der Waals surface area contributed by atoms with Crippen LogP contribution in [0.25, 0.3) is 0 Å². The molecule has 0 aliphatic rings. The smallest absolute Gasteiger partial charge is 0.370 e. The fourth-order valence-electron chi connectivity index (χ4n) is 1.60. The fraction of sp³-hybridized carbons (Fsp3) is 0.571. The Morgan fingerprint density at radius 1 is 1.24 bits per heavy atom. The van der Waals surface area contributed by atoms with Crippen molar-refractivity contribution in [3.63, 3.8) is 0 Å². The second-order valence-electron chi connectivity index (χ2n) is 5.70. The minimum absolute atomic E-state index is 0.162. The van der Waals surface area contributed by atoms with E-state index in [0.717, 1.165) is 0 Å². The van der Waals surface area contributed by atoms with Crippen LogP contribution in [0.1, 0.15) is 43.7 Å². The van der Waals surface area contributed by atoms with Gasteiger partial charge in [0.15, 0.2) is 0 Å². The molecule has 0 fully saturated rings. The Bertz CT molecular complexity index is 507. The summed E-state index contributed by atoms with van der Waals surface area (Å²) in [5.41, 5.74) is 0.484. The van der Waals surface area contributed by atoms with Crippen LogP contribution in [-0.4, -0.2) is 30.2 Å². The Morgan fingerprint density at radius 3 is 2.33 bits per heavy atom. The van der Waals surface area contributed by atoms with E-state index in [0.29, 0.717) is 18.1 Å². The lowest BCUT2D eigenvalue weighted by atomic mass is 9.90. The summed E-state index contributed by atoms with van der Waals surface area (Å²) in [5.74, 6) is -0.290. The predicted molar refractivity (Wildman–Crippen MR) is 75.5 cm³/mol. The van der Waals surface area contributed by atoms with Crippen molar-refractivity contribution in [2.75, 3.05) is 18.4 Å². The van der Waals surface area contributed by atoms with Gasteiger partial charge in [-0.25, -0.2) is 4.98 Å². The summed E-state index contributed by atoms with van der Waals surface area (Å²) >= 11 is 0. The summed E-state index contributed by atoms with van der Waals surface area (Å²) in [6.07, 6.45) is -4.43. The van der Waals surface area contributed by atoms with Crippen molar-refractivity contribution in [3.05, 3.63) is 23.4 Å². The maximum atomic E-state index is 12.2. The summed E-state index contributed by atoms with van der Waals surface area (Å²) in [6, 6.07) is 2.97. The molecule has 1 rings (SSSR count). The molecule has 0 aliphatic carbocycles. The van der Waals surface area contributed by atoms with Gasteiger partial charge in [0.05, 0.1) is 0 Å². The molecule has 7 heteroatoms. The van der Waals surface area contributed by atoms with Crippen LogP contribution in [-0.2, 0) is 5.41 Å². The molecule has 2 N–H and O–H groups in total. The minimum atomic E-state index is -4.43. The predicted octanol–water partition coefficient (Wildman–Crippen LogP) is 3.10. The first-order valence-corrected chi connectivity index (χ1v) is 6.64. The van der Waals surface area contributed by atoms with Crippen molar-refractivity contribution in [2.45, 2.75) is 39.3 Å². The number of pyridine rings is 1. The lowest BCUT2D eigenvalue weighted by Gasteiger charge is -2.20. The van der Waals surface area contributed by atoms with Gasteiger partial charge in [0.25, 0.3) is 5.91 Å². The van der Waals surface area contributed by atoms with Crippen molar-refractivity contribution in [1.29, 1.82) is 0 Å². The summed E-state index contributed by atoms with van der Waals surface area (Å²) < 4.78 is 36.5. The molecule has 0 radical (unpaired) electrons. The molecule has 0 aromatic carbocycles. The monoisotopic (exact) mass is 303 g/mol. The molecule has 1 amide bonds. The van der Waals surface area contributed by atoms with Gasteiger partial charge in [-0.05, 0) is 19.1 Å². The number of hydrogen-bond acceptors (Lipinski definition) is 3. The molecule has 21 heavy (non-hydrogen) atoms. The molecule has 1 heterocycles. The molecule has 0 bridgehead atoms. The maximum absolute atomic E-state index is 12.2. The van der Waals surface area contributed by atoms with Crippen molar-refractivity contribution in [1.82, 2.24) is 10.3 Å². The molecule has 1 aromatic rings. The molecular formula is C14H20F3N3O. The number of carbonyl (C=O) groups is 1. The number of carbonyl (C=O) groups excluding carboxylic acids is 1. The van der Waals surface area contributed by atoms with E-state index in [4.69, 9.17) is 0 Å². The maximum Gasteiger partial charge on any atom is 0.405 e. The van der Waals surface area contributed by atoms with Crippen LogP contribution in [0.2, 0.25) is 0 Å². The molecular weight excluding hydrogens is 283 g/mol. The Labute approximate surface area is 122 Å². The molecule has 0 aliphatic heterocycles. The van der Waals surface area contributed by atoms with E-state index in [1.807, 2.05) is 33.0 Å². The first-order chi connectivity index (χ1) is 9.53. The average molecular weight is 303 g/mol. The number of nitrogens with zero attached hydrogens (tertiary/aromatic N) is 1. The van der Waals surface area contributed by atoms with Crippen LogP contribution in [0.4, 0.5) is 19.0 Å². The topological polar surface area (TPSA) is 54.0 Å². The molecule has 0 spiro atoms. The van der Waals surface area contributed by atoms with E-state index in [9.17, 15) is 18.0 Å². The number of anilines is 1. The van der Waals surface area contributed by atoms with Crippen molar-refractivity contribution in [3.8, 4) is 0 Å². The third-order valence-corrected chi connectivity index (χ3v) is 2.66. The number of hydrogen-bond donors (Lipinski definition) is 2. The van der Waals surface area contributed by atoms with Crippen LogP contribution >= 0.6 is 0 Å². The second kappa shape index (κ2) is 6.32. The number of alkyl halides is 3. The Hall–Kier alpha value is -1.79. The highest BCUT2D eigenvalue weighted by Gasteiger charge is 2.28. The summed E-state index contributed by atoms with van der Waals surface area (Å²) in [4.78, 5) is 16.2. The number of aromatic nitrogens is 1. The van der Waals surface area contributed by atoms with Gasteiger partial charge in [0.2, 0.25) is 0 Å². The van der Waals surface area contributed by atoms with E-state index >= 15 is 0 Å². The van der Waals surface area contributed by atoms with Crippen molar-refractivity contribution >= 4 is 11.7 Å². The van der Waals surface area contributed by atoms with Gasteiger partial charge in [-0.15, -0.1) is 0 Å². The van der Waals surface area contributed by atoms with E-state index < -0.39 is 18.6 Å². The summed E-state index contributed by atoms with van der Waals surface area (Å²) in [6.45, 7) is 6.88. The van der Waals surface area contributed by atoms with Crippen molar-refractivity contribution < 1.29 is 18.0 Å². The number of nitrogens with one attached hydrogen (secondary N) is 2. The van der Waals surface area contributed by atoms with Crippen LogP contribution < -0.4 is 10.6 Å². The third kappa shape index (κ3) is 5.61. The zero-order valence-electron chi connectivity index (χ0n) is 12.6. The van der Waals surface area contributed by atoms with Gasteiger partial charge in [-0.1, -0.05) is 20.8 Å². The molecule has 1 aromatic heterocycles. The van der Waals surface area contributed by atoms with Crippen LogP contribution in [0.3, 0.4) is 0 Å². The number of amides is 1. The lowest BCUT2D eigenvalue weighted by Crippen LogP contribution is -2.34. The Kier molecular flexibility index (Phi) is 5.20.